The van der Waals surface area contributed by atoms with Crippen molar-refractivity contribution in [3.05, 3.63) is 21.9 Å². The Labute approximate surface area is 108 Å². The lowest BCUT2D eigenvalue weighted by atomic mass is 10.2. The van der Waals surface area contributed by atoms with Crippen LogP contribution in [0.3, 0.4) is 0 Å². The summed E-state index contributed by atoms with van der Waals surface area (Å²) >= 11 is 2.24. The van der Waals surface area contributed by atoms with Crippen LogP contribution in [0.1, 0.15) is 17.7 Å². The molecule has 0 spiro atoms. The van der Waals surface area contributed by atoms with E-state index in [9.17, 15) is 35.1 Å². The molecule has 2 nitrogen and oxygen atoms in total. The molecule has 1 aromatic rings. The van der Waals surface area contributed by atoms with Crippen LogP contribution < -0.4 is 4.74 Å². The van der Waals surface area contributed by atoms with Crippen LogP contribution in [0.25, 0.3) is 0 Å². The molecule has 0 atom stereocenters. The van der Waals surface area contributed by atoms with E-state index in [1.165, 1.54) is 0 Å². The highest BCUT2D eigenvalue weighted by Crippen LogP contribution is 2.43. The number of aromatic nitrogens is 1. The standard InChI is InChI=1S/C8H2BrF8NO/c9-5-4(19-8(15,16)17)2(7(12,13)14)1-3(18-5)6(10)11/h1,6H. The summed E-state index contributed by atoms with van der Waals surface area (Å²) in [7, 11) is 0. The second-order valence-electron chi connectivity index (χ2n) is 3.06. The van der Waals surface area contributed by atoms with E-state index in [0.717, 1.165) is 0 Å². The molecule has 0 aliphatic carbocycles. The van der Waals surface area contributed by atoms with Crippen LogP contribution in [0.2, 0.25) is 0 Å². The van der Waals surface area contributed by atoms with E-state index in [0.29, 0.717) is 0 Å². The monoisotopic (exact) mass is 359 g/mol. The lowest BCUT2D eigenvalue weighted by Gasteiger charge is -2.17. The molecule has 108 valence electrons. The van der Waals surface area contributed by atoms with Gasteiger partial charge in [-0.2, -0.15) is 13.2 Å². The number of halogens is 9. The van der Waals surface area contributed by atoms with Crippen molar-refractivity contribution in [2.24, 2.45) is 0 Å². The summed E-state index contributed by atoms with van der Waals surface area (Å²) in [6, 6.07) is -0.198. The first-order valence-corrected chi connectivity index (χ1v) is 5.02. The maximum atomic E-state index is 12.5. The van der Waals surface area contributed by atoms with Crippen LogP contribution in [-0.2, 0) is 6.18 Å². The lowest BCUT2D eigenvalue weighted by Crippen LogP contribution is -2.21. The molecule has 0 N–H and O–H groups in total. The Bertz CT molecular complexity index is 469. The van der Waals surface area contributed by atoms with Crippen molar-refractivity contribution >= 4 is 15.9 Å². The van der Waals surface area contributed by atoms with Gasteiger partial charge in [-0.1, -0.05) is 0 Å². The zero-order valence-corrected chi connectivity index (χ0v) is 10.00. The number of nitrogens with zero attached hydrogens (tertiary/aromatic N) is 1. The SMILES string of the molecule is FC(F)c1cc(C(F)(F)F)c(OC(F)(F)F)c(Br)n1. The maximum absolute atomic E-state index is 12.5. The van der Waals surface area contributed by atoms with E-state index in [2.05, 4.69) is 25.7 Å². The molecule has 11 heteroatoms. The molecule has 19 heavy (non-hydrogen) atoms. The van der Waals surface area contributed by atoms with Crippen molar-refractivity contribution < 1.29 is 39.9 Å². The third-order valence-corrected chi connectivity index (χ3v) is 2.24. The lowest BCUT2D eigenvalue weighted by molar-refractivity contribution is -0.276. The number of alkyl halides is 8. The van der Waals surface area contributed by atoms with Gasteiger partial charge >= 0.3 is 12.5 Å². The zero-order chi connectivity index (χ0) is 15.0. The summed E-state index contributed by atoms with van der Waals surface area (Å²) in [6.45, 7) is 0. The van der Waals surface area contributed by atoms with Gasteiger partial charge in [0.25, 0.3) is 6.43 Å². The molecule has 0 fully saturated rings. The Morgan fingerprint density at radius 3 is 2.00 bits per heavy atom. The van der Waals surface area contributed by atoms with Crippen molar-refractivity contribution in [1.82, 2.24) is 4.98 Å². The van der Waals surface area contributed by atoms with E-state index in [1.54, 1.807) is 0 Å². The van der Waals surface area contributed by atoms with Gasteiger partial charge in [-0.05, 0) is 22.0 Å². The Morgan fingerprint density at radius 1 is 1.11 bits per heavy atom. The molecule has 0 bridgehead atoms. The van der Waals surface area contributed by atoms with Gasteiger partial charge in [-0.15, -0.1) is 13.2 Å². The molecular weight excluding hydrogens is 358 g/mol. The minimum absolute atomic E-state index is 0.198. The zero-order valence-electron chi connectivity index (χ0n) is 8.41. The minimum Gasteiger partial charge on any atom is -0.402 e. The second kappa shape index (κ2) is 5.10. The summed E-state index contributed by atoms with van der Waals surface area (Å²) in [4.78, 5) is 2.87. The highest BCUT2D eigenvalue weighted by Gasteiger charge is 2.41. The molecule has 0 saturated heterocycles. The molecule has 1 heterocycles. The fourth-order valence-corrected chi connectivity index (χ4v) is 1.56. The Kier molecular flexibility index (Phi) is 4.27. The van der Waals surface area contributed by atoms with E-state index in [-0.39, 0.29) is 6.07 Å². The summed E-state index contributed by atoms with van der Waals surface area (Å²) in [5, 5.41) is 0. The van der Waals surface area contributed by atoms with Crippen LogP contribution in [0.4, 0.5) is 35.1 Å². The number of hydrogen-bond donors (Lipinski definition) is 0. The molecule has 0 unspecified atom stereocenters. The first-order chi connectivity index (χ1) is 8.42. The van der Waals surface area contributed by atoms with Crippen molar-refractivity contribution in [3.63, 3.8) is 0 Å². The maximum Gasteiger partial charge on any atom is 0.573 e. The molecule has 0 aliphatic heterocycles. The fourth-order valence-electron chi connectivity index (χ4n) is 1.06. The summed E-state index contributed by atoms with van der Waals surface area (Å²) in [5.74, 6) is -1.72. The highest BCUT2D eigenvalue weighted by molar-refractivity contribution is 9.10. The van der Waals surface area contributed by atoms with Gasteiger partial charge in [0.1, 0.15) is 15.9 Å². The van der Waals surface area contributed by atoms with Crippen molar-refractivity contribution in [2.75, 3.05) is 0 Å². The van der Waals surface area contributed by atoms with E-state index in [4.69, 9.17) is 0 Å². The van der Waals surface area contributed by atoms with Crippen LogP contribution in [0.15, 0.2) is 10.7 Å². The van der Waals surface area contributed by atoms with Crippen LogP contribution in [-0.4, -0.2) is 11.3 Å². The first-order valence-electron chi connectivity index (χ1n) is 4.23. The van der Waals surface area contributed by atoms with Crippen LogP contribution in [0.5, 0.6) is 5.75 Å². The van der Waals surface area contributed by atoms with Crippen LogP contribution in [0, 0.1) is 0 Å². The summed E-state index contributed by atoms with van der Waals surface area (Å²) < 4.78 is 100.0. The number of pyridine rings is 1. The average Bonchev–Trinajstić information content (AvgIpc) is 2.16. The molecule has 0 radical (unpaired) electrons. The van der Waals surface area contributed by atoms with Gasteiger partial charge in [0.05, 0.1) is 0 Å². The molecule has 0 saturated carbocycles. The van der Waals surface area contributed by atoms with Crippen LogP contribution >= 0.6 is 15.9 Å². The first kappa shape index (κ1) is 15.9. The number of hydrogen-bond acceptors (Lipinski definition) is 2. The van der Waals surface area contributed by atoms with Gasteiger partial charge in [-0.3, -0.25) is 0 Å². The van der Waals surface area contributed by atoms with Gasteiger partial charge in [0, 0.05) is 0 Å². The fraction of sp³-hybridized carbons (Fsp3) is 0.375. The Hall–Kier alpha value is -1.13. The highest BCUT2D eigenvalue weighted by atomic mass is 79.9. The predicted molar refractivity (Wildman–Crippen MR) is 48.6 cm³/mol. The topological polar surface area (TPSA) is 22.1 Å². The number of ether oxygens (including phenoxy) is 1. The van der Waals surface area contributed by atoms with Crippen molar-refractivity contribution in [2.45, 2.75) is 19.0 Å². The second-order valence-corrected chi connectivity index (χ2v) is 3.81. The van der Waals surface area contributed by atoms with Gasteiger partial charge in [0.15, 0.2) is 5.75 Å². The minimum atomic E-state index is -5.42. The quantitative estimate of drug-likeness (QED) is 0.564. The molecule has 1 rings (SSSR count). The van der Waals surface area contributed by atoms with E-state index >= 15 is 0 Å². The Balaban J connectivity index is 3.44. The summed E-state index contributed by atoms with van der Waals surface area (Å²) in [6.07, 6.45) is -14.1. The largest absolute Gasteiger partial charge is 0.573 e. The third kappa shape index (κ3) is 4.18. The normalized spacial score (nSPS) is 12.9. The third-order valence-electron chi connectivity index (χ3n) is 1.70. The van der Waals surface area contributed by atoms with E-state index < -0.39 is 40.6 Å². The molecule has 0 aromatic carbocycles. The summed E-state index contributed by atoms with van der Waals surface area (Å²) in [5.41, 5.74) is -3.32. The van der Waals surface area contributed by atoms with Crippen molar-refractivity contribution in [1.29, 1.82) is 0 Å². The molecular formula is C8H2BrF8NO. The number of rotatable bonds is 2. The van der Waals surface area contributed by atoms with Gasteiger partial charge in [-0.25, -0.2) is 13.8 Å². The smallest absolute Gasteiger partial charge is 0.402 e. The van der Waals surface area contributed by atoms with E-state index in [1.807, 2.05) is 0 Å². The molecule has 1 aromatic heterocycles. The van der Waals surface area contributed by atoms with Gasteiger partial charge < -0.3 is 4.74 Å². The van der Waals surface area contributed by atoms with Gasteiger partial charge in [0.2, 0.25) is 0 Å². The molecule has 0 aliphatic rings. The average molecular weight is 360 g/mol. The predicted octanol–water partition coefficient (Wildman–Crippen LogP) is 4.70. The molecule has 0 amide bonds. The van der Waals surface area contributed by atoms with Crippen molar-refractivity contribution in [3.8, 4) is 5.75 Å². The Morgan fingerprint density at radius 2 is 1.63 bits per heavy atom.